The molecule has 3 aromatic carbocycles. The third-order valence-electron chi connectivity index (χ3n) is 3.96. The smallest absolute Gasteiger partial charge is 0.414 e. The molecule has 3 rings (SSSR count). The molecule has 0 heterocycles. The molecular weight excluding hydrogens is 358 g/mol. The number of carboxylic acids is 2. The van der Waals surface area contributed by atoms with E-state index >= 15 is 0 Å². The minimum Gasteiger partial charge on any atom is -0.492 e. The van der Waals surface area contributed by atoms with Gasteiger partial charge in [-0.2, -0.15) is 0 Å². The fourth-order valence-corrected chi connectivity index (χ4v) is 2.61. The van der Waals surface area contributed by atoms with Crippen LogP contribution < -0.4 is 4.74 Å². The molecule has 146 valence electrons. The van der Waals surface area contributed by atoms with Crippen LogP contribution in [0, 0.1) is 0 Å². The van der Waals surface area contributed by atoms with E-state index in [1.807, 2.05) is 18.2 Å². The Morgan fingerprint density at radius 1 is 0.857 bits per heavy atom. The van der Waals surface area contributed by atoms with Crippen LogP contribution in [0.4, 0.5) is 0 Å². The molecule has 28 heavy (non-hydrogen) atoms. The van der Waals surface area contributed by atoms with E-state index in [1.165, 1.54) is 16.3 Å². The Morgan fingerprint density at radius 3 is 2.14 bits per heavy atom. The maximum absolute atomic E-state index is 9.10. The van der Waals surface area contributed by atoms with Crippen molar-refractivity contribution in [1.82, 2.24) is 4.90 Å². The highest BCUT2D eigenvalue weighted by molar-refractivity contribution is 6.27. The van der Waals surface area contributed by atoms with Gasteiger partial charge in [0.25, 0.3) is 0 Å². The first-order valence-electron chi connectivity index (χ1n) is 8.76. The Hall–Kier alpha value is -3.38. The van der Waals surface area contributed by atoms with Gasteiger partial charge < -0.3 is 14.9 Å². The molecule has 0 fully saturated rings. The van der Waals surface area contributed by atoms with Crippen molar-refractivity contribution in [2.24, 2.45) is 0 Å². The monoisotopic (exact) mass is 381 g/mol. The standard InChI is InChI=1S/C20H21NO.C2H2O4/c1-21(16-17-8-3-2-4-9-17)14-15-22-20-13-7-11-18-10-5-6-12-19(18)20;3-1(4)2(5)6/h2-13H,14-16H2,1H3;(H,3,4)(H,5,6). The van der Waals surface area contributed by atoms with Crippen LogP contribution in [0.1, 0.15) is 5.56 Å². The van der Waals surface area contributed by atoms with Crippen molar-refractivity contribution < 1.29 is 24.5 Å². The fraction of sp³-hybridized carbons (Fsp3) is 0.182. The van der Waals surface area contributed by atoms with Crippen LogP contribution in [0.3, 0.4) is 0 Å². The molecule has 3 aromatic rings. The van der Waals surface area contributed by atoms with E-state index in [-0.39, 0.29) is 0 Å². The molecule has 0 amide bonds. The Kier molecular flexibility index (Phi) is 7.99. The molecule has 0 atom stereocenters. The summed E-state index contributed by atoms with van der Waals surface area (Å²) in [4.78, 5) is 20.5. The molecule has 0 aliphatic rings. The zero-order chi connectivity index (χ0) is 20.4. The zero-order valence-corrected chi connectivity index (χ0v) is 15.6. The Labute approximate surface area is 163 Å². The van der Waals surface area contributed by atoms with Crippen LogP contribution in [0.15, 0.2) is 72.8 Å². The van der Waals surface area contributed by atoms with Crippen LogP contribution in [0.2, 0.25) is 0 Å². The van der Waals surface area contributed by atoms with Crippen molar-refractivity contribution in [3.05, 3.63) is 78.4 Å². The first kappa shape index (κ1) is 20.9. The highest BCUT2D eigenvalue weighted by Crippen LogP contribution is 2.24. The number of hydrogen-bond donors (Lipinski definition) is 2. The van der Waals surface area contributed by atoms with Gasteiger partial charge in [0.05, 0.1) is 0 Å². The Balaban J connectivity index is 0.000000409. The molecule has 2 N–H and O–H groups in total. The van der Waals surface area contributed by atoms with Crippen molar-refractivity contribution in [2.45, 2.75) is 6.54 Å². The average Bonchev–Trinajstić information content (AvgIpc) is 2.69. The van der Waals surface area contributed by atoms with Gasteiger partial charge in [-0.15, -0.1) is 0 Å². The van der Waals surface area contributed by atoms with E-state index in [2.05, 4.69) is 66.5 Å². The fourth-order valence-electron chi connectivity index (χ4n) is 2.61. The Morgan fingerprint density at radius 2 is 1.46 bits per heavy atom. The maximum Gasteiger partial charge on any atom is 0.414 e. The number of carboxylic acid groups (broad SMARTS) is 2. The highest BCUT2D eigenvalue weighted by Gasteiger charge is 2.04. The number of benzene rings is 3. The number of hydrogen-bond acceptors (Lipinski definition) is 4. The van der Waals surface area contributed by atoms with E-state index in [0.717, 1.165) is 18.8 Å². The molecule has 0 aliphatic heterocycles. The molecular formula is C22H23NO5. The molecule has 0 aromatic heterocycles. The second-order valence-corrected chi connectivity index (χ2v) is 6.16. The summed E-state index contributed by atoms with van der Waals surface area (Å²) in [6.07, 6.45) is 0. The second-order valence-electron chi connectivity index (χ2n) is 6.16. The molecule has 0 radical (unpaired) electrons. The lowest BCUT2D eigenvalue weighted by Crippen LogP contribution is -2.23. The predicted octanol–water partition coefficient (Wildman–Crippen LogP) is 3.51. The average molecular weight is 381 g/mol. The first-order chi connectivity index (χ1) is 13.5. The van der Waals surface area contributed by atoms with Gasteiger partial charge in [-0.05, 0) is 24.1 Å². The van der Waals surface area contributed by atoms with Crippen molar-refractivity contribution in [1.29, 1.82) is 0 Å². The minimum atomic E-state index is -1.82. The lowest BCUT2D eigenvalue weighted by molar-refractivity contribution is -0.159. The van der Waals surface area contributed by atoms with E-state index in [4.69, 9.17) is 24.5 Å². The number of aliphatic carboxylic acids is 2. The number of ether oxygens (including phenoxy) is 1. The van der Waals surface area contributed by atoms with Gasteiger partial charge in [0.1, 0.15) is 12.4 Å². The van der Waals surface area contributed by atoms with Gasteiger partial charge in [0.15, 0.2) is 0 Å². The van der Waals surface area contributed by atoms with Gasteiger partial charge in [-0.25, -0.2) is 9.59 Å². The van der Waals surface area contributed by atoms with Gasteiger partial charge in [-0.3, -0.25) is 4.90 Å². The summed E-state index contributed by atoms with van der Waals surface area (Å²) in [6, 6.07) is 25.1. The molecule has 0 saturated heterocycles. The molecule has 0 unspecified atom stereocenters. The van der Waals surface area contributed by atoms with E-state index in [1.54, 1.807) is 0 Å². The topological polar surface area (TPSA) is 87.1 Å². The van der Waals surface area contributed by atoms with E-state index < -0.39 is 11.9 Å². The summed E-state index contributed by atoms with van der Waals surface area (Å²) in [5.41, 5.74) is 1.33. The van der Waals surface area contributed by atoms with Crippen LogP contribution in [-0.2, 0) is 16.1 Å². The molecule has 6 heteroatoms. The van der Waals surface area contributed by atoms with Crippen molar-refractivity contribution in [3.63, 3.8) is 0 Å². The number of nitrogens with zero attached hydrogens (tertiary/aromatic N) is 1. The summed E-state index contributed by atoms with van der Waals surface area (Å²) >= 11 is 0. The first-order valence-corrected chi connectivity index (χ1v) is 8.76. The van der Waals surface area contributed by atoms with Crippen molar-refractivity contribution in [3.8, 4) is 5.75 Å². The molecule has 0 aliphatic carbocycles. The molecule has 0 bridgehead atoms. The minimum absolute atomic E-state index is 0.692. The van der Waals surface area contributed by atoms with Crippen LogP contribution >= 0.6 is 0 Å². The summed E-state index contributed by atoms with van der Waals surface area (Å²) in [7, 11) is 2.12. The predicted molar refractivity (Wildman–Crippen MR) is 107 cm³/mol. The summed E-state index contributed by atoms with van der Waals surface area (Å²) < 4.78 is 5.99. The van der Waals surface area contributed by atoms with Gasteiger partial charge in [0, 0.05) is 18.5 Å². The van der Waals surface area contributed by atoms with Crippen LogP contribution in [0.5, 0.6) is 5.75 Å². The molecule has 0 spiro atoms. The van der Waals surface area contributed by atoms with Crippen molar-refractivity contribution in [2.75, 3.05) is 20.2 Å². The Bertz CT molecular complexity index is 894. The molecule has 0 saturated carbocycles. The SMILES string of the molecule is CN(CCOc1cccc2ccccc12)Cc1ccccc1.O=C(O)C(=O)O. The summed E-state index contributed by atoms with van der Waals surface area (Å²) in [5.74, 6) is -2.68. The van der Waals surface area contributed by atoms with Gasteiger partial charge >= 0.3 is 11.9 Å². The number of likely N-dealkylation sites (N-methyl/N-ethyl adjacent to an activating group) is 1. The van der Waals surface area contributed by atoms with Crippen molar-refractivity contribution >= 4 is 22.7 Å². The number of fused-ring (bicyclic) bond motifs is 1. The summed E-state index contributed by atoms with van der Waals surface area (Å²) in [6.45, 7) is 2.54. The van der Waals surface area contributed by atoms with Crippen LogP contribution in [0.25, 0.3) is 10.8 Å². The number of rotatable bonds is 6. The lowest BCUT2D eigenvalue weighted by atomic mass is 10.1. The lowest BCUT2D eigenvalue weighted by Gasteiger charge is -2.17. The second kappa shape index (κ2) is 10.7. The summed E-state index contributed by atoms with van der Waals surface area (Å²) in [5, 5.41) is 17.2. The number of carbonyl (C=O) groups is 2. The maximum atomic E-state index is 9.10. The normalized spacial score (nSPS) is 10.2. The highest BCUT2D eigenvalue weighted by atomic mass is 16.5. The third-order valence-corrected chi connectivity index (χ3v) is 3.96. The van der Waals surface area contributed by atoms with E-state index in [9.17, 15) is 0 Å². The zero-order valence-electron chi connectivity index (χ0n) is 15.6. The largest absolute Gasteiger partial charge is 0.492 e. The van der Waals surface area contributed by atoms with Crippen LogP contribution in [-0.4, -0.2) is 47.3 Å². The quantitative estimate of drug-likeness (QED) is 0.636. The third kappa shape index (κ3) is 6.74. The van der Waals surface area contributed by atoms with Gasteiger partial charge in [0.2, 0.25) is 0 Å². The van der Waals surface area contributed by atoms with Gasteiger partial charge in [-0.1, -0.05) is 66.7 Å². The molecule has 6 nitrogen and oxygen atoms in total. The van der Waals surface area contributed by atoms with E-state index in [0.29, 0.717) is 6.61 Å².